The minimum atomic E-state index is 0.00486. The van der Waals surface area contributed by atoms with Crippen molar-refractivity contribution in [3.05, 3.63) is 40.4 Å². The lowest BCUT2D eigenvalue weighted by Crippen LogP contribution is -1.99. The van der Waals surface area contributed by atoms with Gasteiger partial charge in [0.05, 0.1) is 18.2 Å². The summed E-state index contributed by atoms with van der Waals surface area (Å²) in [6, 6.07) is 8.75. The van der Waals surface area contributed by atoms with Gasteiger partial charge in [-0.25, -0.2) is 0 Å². The molecule has 0 bridgehead atoms. The number of halogens is 1. The van der Waals surface area contributed by atoms with Gasteiger partial charge in [-0.15, -0.1) is 0 Å². The van der Waals surface area contributed by atoms with E-state index in [9.17, 15) is 10.2 Å². The number of methoxy groups -OCH3 is 2. The van der Waals surface area contributed by atoms with Crippen LogP contribution in [0.25, 0.3) is 11.1 Å². The van der Waals surface area contributed by atoms with Gasteiger partial charge in [-0.2, -0.15) is 0 Å². The molecular formula is C16H17BrO4. The van der Waals surface area contributed by atoms with Gasteiger partial charge in [-0.05, 0) is 45.6 Å². The molecule has 2 aromatic carbocycles. The molecule has 0 aromatic heterocycles. The van der Waals surface area contributed by atoms with E-state index in [-0.39, 0.29) is 11.5 Å². The summed E-state index contributed by atoms with van der Waals surface area (Å²) in [6.07, 6.45) is 0.561. The van der Waals surface area contributed by atoms with E-state index < -0.39 is 0 Å². The first-order valence-corrected chi connectivity index (χ1v) is 7.24. The molecule has 0 amide bonds. The summed E-state index contributed by atoms with van der Waals surface area (Å²) in [7, 11) is 3.21. The van der Waals surface area contributed by atoms with Crippen molar-refractivity contribution in [1.82, 2.24) is 0 Å². The third-order valence-corrected chi connectivity index (χ3v) is 4.12. The van der Waals surface area contributed by atoms with Crippen molar-refractivity contribution in [3.63, 3.8) is 0 Å². The largest absolute Gasteiger partial charge is 0.507 e. The van der Waals surface area contributed by atoms with Gasteiger partial charge >= 0.3 is 0 Å². The average Bonchev–Trinajstić information content (AvgIpc) is 2.49. The molecule has 0 spiro atoms. The van der Waals surface area contributed by atoms with Crippen LogP contribution in [0.2, 0.25) is 0 Å². The quantitative estimate of drug-likeness (QED) is 0.860. The first-order valence-electron chi connectivity index (χ1n) is 6.45. The Morgan fingerprint density at radius 3 is 2.52 bits per heavy atom. The van der Waals surface area contributed by atoms with Crippen LogP contribution in [0, 0.1) is 0 Å². The predicted molar refractivity (Wildman–Crippen MR) is 85.0 cm³/mol. The summed E-state index contributed by atoms with van der Waals surface area (Å²) < 4.78 is 10.9. The predicted octanol–water partition coefficient (Wildman–Crippen LogP) is 3.72. The van der Waals surface area contributed by atoms with E-state index >= 15 is 0 Å². The molecule has 2 aromatic rings. The Bertz CT molecular complexity index is 640. The van der Waals surface area contributed by atoms with Crippen LogP contribution in [0.1, 0.15) is 5.56 Å². The molecule has 0 aliphatic heterocycles. The highest BCUT2D eigenvalue weighted by Gasteiger charge is 2.17. The van der Waals surface area contributed by atoms with Gasteiger partial charge in [0.15, 0.2) is 0 Å². The van der Waals surface area contributed by atoms with E-state index in [2.05, 4.69) is 15.9 Å². The summed E-state index contributed by atoms with van der Waals surface area (Å²) in [5.41, 5.74) is 2.27. The zero-order valence-corrected chi connectivity index (χ0v) is 13.5. The van der Waals surface area contributed by atoms with Crippen LogP contribution in [0.5, 0.6) is 17.2 Å². The maximum absolute atomic E-state index is 10.3. The van der Waals surface area contributed by atoms with Gasteiger partial charge < -0.3 is 19.7 Å². The third-order valence-electron chi connectivity index (χ3n) is 3.24. The van der Waals surface area contributed by atoms with Crippen LogP contribution in [-0.4, -0.2) is 31.0 Å². The molecule has 2 rings (SSSR count). The van der Waals surface area contributed by atoms with E-state index in [1.165, 1.54) is 6.07 Å². The first kappa shape index (κ1) is 15.7. The number of benzene rings is 2. The van der Waals surface area contributed by atoms with Gasteiger partial charge in [0, 0.05) is 18.7 Å². The van der Waals surface area contributed by atoms with E-state index in [0.717, 1.165) is 11.1 Å². The molecule has 2 N–H and O–H groups in total. The molecule has 0 saturated heterocycles. The van der Waals surface area contributed by atoms with Crippen molar-refractivity contribution in [2.24, 2.45) is 0 Å². The molecular weight excluding hydrogens is 336 g/mol. The van der Waals surface area contributed by atoms with Crippen molar-refractivity contribution in [3.8, 4) is 28.4 Å². The van der Waals surface area contributed by atoms with Crippen molar-refractivity contribution in [2.45, 2.75) is 6.42 Å². The molecule has 0 saturated carbocycles. The minimum Gasteiger partial charge on any atom is -0.507 e. The summed E-state index contributed by atoms with van der Waals surface area (Å²) in [4.78, 5) is 0. The lowest BCUT2D eigenvalue weighted by Gasteiger charge is -2.15. The molecule has 112 valence electrons. The number of hydrogen-bond donors (Lipinski definition) is 2. The third kappa shape index (κ3) is 3.31. The van der Waals surface area contributed by atoms with Crippen LogP contribution in [0.4, 0.5) is 0 Å². The molecule has 4 nitrogen and oxygen atoms in total. The minimum absolute atomic E-state index is 0.00486. The molecule has 0 radical (unpaired) electrons. The van der Waals surface area contributed by atoms with Gasteiger partial charge in [0.25, 0.3) is 0 Å². The van der Waals surface area contributed by atoms with Gasteiger partial charge in [-0.3, -0.25) is 0 Å². The molecule has 0 atom stereocenters. The lowest BCUT2D eigenvalue weighted by atomic mass is 9.96. The van der Waals surface area contributed by atoms with E-state index in [4.69, 9.17) is 9.47 Å². The highest BCUT2D eigenvalue weighted by Crippen LogP contribution is 2.43. The molecule has 0 aliphatic carbocycles. The average molecular weight is 353 g/mol. The highest BCUT2D eigenvalue weighted by molar-refractivity contribution is 9.10. The number of rotatable bonds is 5. The SMILES string of the molecule is COCCc1c(Br)c(O)cc(O)c1-c1cccc(OC)c1. The zero-order chi connectivity index (χ0) is 15.4. The topological polar surface area (TPSA) is 58.9 Å². The number of aromatic hydroxyl groups is 2. The second kappa shape index (κ2) is 6.83. The normalized spacial score (nSPS) is 10.6. The fourth-order valence-electron chi connectivity index (χ4n) is 2.22. The Kier molecular flexibility index (Phi) is 5.09. The van der Waals surface area contributed by atoms with Crippen LogP contribution < -0.4 is 4.74 Å². The van der Waals surface area contributed by atoms with Crippen molar-refractivity contribution in [2.75, 3.05) is 20.8 Å². The van der Waals surface area contributed by atoms with Crippen LogP contribution in [-0.2, 0) is 11.2 Å². The van der Waals surface area contributed by atoms with E-state index in [1.807, 2.05) is 24.3 Å². The van der Waals surface area contributed by atoms with Crippen molar-refractivity contribution in [1.29, 1.82) is 0 Å². The summed E-state index contributed by atoms with van der Waals surface area (Å²) in [5, 5.41) is 20.1. The Morgan fingerprint density at radius 1 is 1.10 bits per heavy atom. The monoisotopic (exact) mass is 352 g/mol. The van der Waals surface area contributed by atoms with E-state index in [1.54, 1.807) is 14.2 Å². The molecule has 0 fully saturated rings. The van der Waals surface area contributed by atoms with Crippen molar-refractivity contribution >= 4 is 15.9 Å². The smallest absolute Gasteiger partial charge is 0.133 e. The molecule has 21 heavy (non-hydrogen) atoms. The Hall–Kier alpha value is -1.72. The fraction of sp³-hybridized carbons (Fsp3) is 0.250. The maximum Gasteiger partial charge on any atom is 0.133 e. The second-order valence-electron chi connectivity index (χ2n) is 4.56. The van der Waals surface area contributed by atoms with Gasteiger partial charge in [0.2, 0.25) is 0 Å². The summed E-state index contributed by atoms with van der Waals surface area (Å²) >= 11 is 3.38. The number of phenols is 2. The van der Waals surface area contributed by atoms with Crippen LogP contribution in [0.15, 0.2) is 34.8 Å². The molecule has 5 heteroatoms. The van der Waals surface area contributed by atoms with Crippen LogP contribution >= 0.6 is 15.9 Å². The number of phenolic OH excluding ortho intramolecular Hbond substituents is 2. The molecule has 0 aliphatic rings. The Balaban J connectivity index is 2.62. The van der Waals surface area contributed by atoms with E-state index in [0.29, 0.717) is 28.8 Å². The fourth-order valence-corrected chi connectivity index (χ4v) is 2.73. The highest BCUT2D eigenvalue weighted by atomic mass is 79.9. The lowest BCUT2D eigenvalue weighted by molar-refractivity contribution is 0.202. The maximum atomic E-state index is 10.3. The van der Waals surface area contributed by atoms with Gasteiger partial charge in [-0.1, -0.05) is 12.1 Å². The number of ether oxygens (including phenoxy) is 2. The first-order chi connectivity index (χ1) is 10.1. The summed E-state index contributed by atoms with van der Waals surface area (Å²) in [5.74, 6) is 0.731. The Labute approximate surface area is 132 Å². The molecule has 0 heterocycles. The standard InChI is InChI=1S/C16H17BrO4/c1-20-7-6-12-15(13(18)9-14(19)16(12)17)10-4-3-5-11(8-10)21-2/h3-5,8-9,18-19H,6-7H2,1-2H3. The molecule has 0 unspecified atom stereocenters. The van der Waals surface area contributed by atoms with Crippen molar-refractivity contribution < 1.29 is 19.7 Å². The van der Waals surface area contributed by atoms with Crippen LogP contribution in [0.3, 0.4) is 0 Å². The van der Waals surface area contributed by atoms with Gasteiger partial charge in [0.1, 0.15) is 17.2 Å². The Morgan fingerprint density at radius 2 is 1.86 bits per heavy atom. The summed E-state index contributed by atoms with van der Waals surface area (Å²) in [6.45, 7) is 0.485. The second-order valence-corrected chi connectivity index (χ2v) is 5.35. The number of hydrogen-bond acceptors (Lipinski definition) is 4. The zero-order valence-electron chi connectivity index (χ0n) is 11.9.